The zero-order valence-electron chi connectivity index (χ0n) is 14.4. The van der Waals surface area contributed by atoms with E-state index in [2.05, 4.69) is 39.1 Å². The molecule has 24 heavy (non-hydrogen) atoms. The lowest BCUT2D eigenvalue weighted by molar-refractivity contribution is 0.182. The first-order valence-corrected chi connectivity index (χ1v) is 8.82. The average molecular weight is 329 g/mol. The Labute approximate surface area is 143 Å². The second-order valence-corrected chi connectivity index (χ2v) is 6.60. The van der Waals surface area contributed by atoms with Gasteiger partial charge in [-0.25, -0.2) is 4.98 Å². The van der Waals surface area contributed by atoms with Gasteiger partial charge < -0.3 is 14.8 Å². The molecule has 0 aliphatic heterocycles. The average Bonchev–Trinajstić information content (AvgIpc) is 3.21. The largest absolute Gasteiger partial charge is 0.490 e. The third-order valence-corrected chi connectivity index (χ3v) is 4.50. The van der Waals surface area contributed by atoms with Crippen LogP contribution in [0.5, 0.6) is 5.75 Å². The number of aliphatic hydroxyl groups is 1. The van der Waals surface area contributed by atoms with Gasteiger partial charge in [-0.3, -0.25) is 4.90 Å². The molecule has 2 N–H and O–H groups in total. The summed E-state index contributed by atoms with van der Waals surface area (Å²) in [6.07, 6.45) is 7.17. The van der Waals surface area contributed by atoms with Crippen molar-refractivity contribution in [2.45, 2.75) is 51.8 Å². The molecule has 1 fully saturated rings. The number of aromatic nitrogens is 2. The van der Waals surface area contributed by atoms with Crippen LogP contribution < -0.4 is 4.74 Å². The quantitative estimate of drug-likeness (QED) is 0.781. The van der Waals surface area contributed by atoms with Gasteiger partial charge in [0.25, 0.3) is 0 Å². The third kappa shape index (κ3) is 4.82. The number of H-pyrrole nitrogens is 1. The van der Waals surface area contributed by atoms with Crippen LogP contribution in [0.2, 0.25) is 0 Å². The first kappa shape index (κ1) is 17.0. The molecule has 1 aromatic heterocycles. The van der Waals surface area contributed by atoms with Crippen LogP contribution in [0.15, 0.2) is 30.5 Å². The highest BCUT2D eigenvalue weighted by Gasteiger charge is 2.16. The van der Waals surface area contributed by atoms with Crippen LogP contribution in [0.4, 0.5) is 0 Å². The number of aromatic amines is 1. The van der Waals surface area contributed by atoms with E-state index < -0.39 is 0 Å². The molecule has 0 unspecified atom stereocenters. The summed E-state index contributed by atoms with van der Waals surface area (Å²) >= 11 is 0. The molecule has 5 heteroatoms. The van der Waals surface area contributed by atoms with Crippen molar-refractivity contribution in [3.8, 4) is 5.75 Å². The minimum atomic E-state index is 0.149. The summed E-state index contributed by atoms with van der Waals surface area (Å²) in [6, 6.07) is 8.36. The van der Waals surface area contributed by atoms with Gasteiger partial charge in [-0.1, -0.05) is 12.1 Å². The highest BCUT2D eigenvalue weighted by atomic mass is 16.5. The molecule has 0 bridgehead atoms. The number of ether oxygens (including phenoxy) is 1. The summed E-state index contributed by atoms with van der Waals surface area (Å²) < 4.78 is 6.01. The minimum Gasteiger partial charge on any atom is -0.490 e. The Balaban J connectivity index is 1.57. The number of hydrogen-bond acceptors (Lipinski definition) is 4. The number of aryl methyl sites for hydroxylation is 1. The number of rotatable bonds is 8. The van der Waals surface area contributed by atoms with Gasteiger partial charge >= 0.3 is 0 Å². The molecular weight excluding hydrogens is 302 g/mol. The van der Waals surface area contributed by atoms with Gasteiger partial charge in [0.2, 0.25) is 0 Å². The maximum Gasteiger partial charge on any atom is 0.119 e. The predicted molar refractivity (Wildman–Crippen MR) is 93.9 cm³/mol. The van der Waals surface area contributed by atoms with Crippen molar-refractivity contribution in [1.82, 2.24) is 14.9 Å². The monoisotopic (exact) mass is 329 g/mol. The maximum atomic E-state index is 9.31. The maximum absolute atomic E-state index is 9.31. The van der Waals surface area contributed by atoms with E-state index in [1.807, 2.05) is 13.1 Å². The number of imidazole rings is 1. The second-order valence-electron chi connectivity index (χ2n) is 6.60. The van der Waals surface area contributed by atoms with Crippen molar-refractivity contribution in [1.29, 1.82) is 0 Å². The normalized spacial score (nSPS) is 15.3. The van der Waals surface area contributed by atoms with Gasteiger partial charge in [-0.05, 0) is 50.3 Å². The molecular formula is C19H27N3O2. The zero-order chi connectivity index (χ0) is 16.8. The van der Waals surface area contributed by atoms with Crippen LogP contribution in [0.1, 0.15) is 42.8 Å². The molecule has 5 nitrogen and oxygen atoms in total. The second kappa shape index (κ2) is 8.31. The fourth-order valence-corrected chi connectivity index (χ4v) is 3.28. The molecule has 0 atom stereocenters. The van der Waals surface area contributed by atoms with Crippen LogP contribution >= 0.6 is 0 Å². The Hall–Kier alpha value is -1.85. The van der Waals surface area contributed by atoms with Crippen molar-refractivity contribution in [2.75, 3.05) is 13.2 Å². The molecule has 0 spiro atoms. The number of nitrogens with zero attached hydrogens (tertiary/aromatic N) is 2. The first-order chi connectivity index (χ1) is 11.7. The molecule has 3 rings (SSSR count). The molecule has 0 saturated heterocycles. The van der Waals surface area contributed by atoms with Gasteiger partial charge in [0.15, 0.2) is 0 Å². The van der Waals surface area contributed by atoms with E-state index in [1.54, 1.807) is 0 Å². The summed E-state index contributed by atoms with van der Waals surface area (Å²) in [5.41, 5.74) is 2.29. The van der Waals surface area contributed by atoms with Crippen LogP contribution in [0.25, 0.3) is 0 Å². The number of hydrogen-bond donors (Lipinski definition) is 2. The molecule has 1 aliphatic carbocycles. The summed E-state index contributed by atoms with van der Waals surface area (Å²) in [7, 11) is 0. The Morgan fingerprint density at radius 2 is 1.96 bits per heavy atom. The molecule has 130 valence electrons. The van der Waals surface area contributed by atoms with E-state index in [0.29, 0.717) is 12.6 Å². The Kier molecular flexibility index (Phi) is 5.88. The fourth-order valence-electron chi connectivity index (χ4n) is 3.28. The van der Waals surface area contributed by atoms with Gasteiger partial charge in [0.1, 0.15) is 11.6 Å². The molecule has 0 amide bonds. The summed E-state index contributed by atoms with van der Waals surface area (Å²) in [6.45, 7) is 4.28. The van der Waals surface area contributed by atoms with E-state index in [9.17, 15) is 5.11 Å². The van der Waals surface area contributed by atoms with Crippen molar-refractivity contribution in [3.05, 3.63) is 47.5 Å². The van der Waals surface area contributed by atoms with Gasteiger partial charge in [-0.2, -0.15) is 0 Å². The molecule has 1 aromatic carbocycles. The van der Waals surface area contributed by atoms with Crippen LogP contribution in [0.3, 0.4) is 0 Å². The summed E-state index contributed by atoms with van der Waals surface area (Å²) in [5, 5.41) is 9.31. The topological polar surface area (TPSA) is 61.4 Å². The lowest BCUT2D eigenvalue weighted by atomic mass is 10.2. The third-order valence-electron chi connectivity index (χ3n) is 4.50. The molecule has 1 saturated carbocycles. The smallest absolute Gasteiger partial charge is 0.119 e. The Morgan fingerprint density at radius 1 is 1.21 bits per heavy atom. The Bertz CT molecular complexity index is 618. The summed E-state index contributed by atoms with van der Waals surface area (Å²) in [5.74, 6) is 1.88. The van der Waals surface area contributed by atoms with Crippen molar-refractivity contribution >= 4 is 0 Å². The molecule has 0 radical (unpaired) electrons. The SMILES string of the molecule is Cc1ncc(CN(CCO)Cc2ccc(OC3CCCC3)cc2)[nH]1. The van der Waals surface area contributed by atoms with Crippen molar-refractivity contribution in [2.24, 2.45) is 0 Å². The number of benzene rings is 1. The molecule has 2 aromatic rings. The van der Waals surface area contributed by atoms with E-state index in [1.165, 1.54) is 31.2 Å². The number of nitrogens with one attached hydrogen (secondary N) is 1. The van der Waals surface area contributed by atoms with E-state index in [4.69, 9.17) is 4.74 Å². The highest BCUT2D eigenvalue weighted by molar-refractivity contribution is 5.27. The lowest BCUT2D eigenvalue weighted by Gasteiger charge is -2.21. The van der Waals surface area contributed by atoms with E-state index >= 15 is 0 Å². The van der Waals surface area contributed by atoms with Gasteiger partial charge in [0, 0.05) is 31.5 Å². The summed E-state index contributed by atoms with van der Waals surface area (Å²) in [4.78, 5) is 9.69. The van der Waals surface area contributed by atoms with E-state index in [0.717, 1.165) is 30.4 Å². The van der Waals surface area contributed by atoms with Crippen LogP contribution in [-0.2, 0) is 13.1 Å². The van der Waals surface area contributed by atoms with Crippen LogP contribution in [0, 0.1) is 6.92 Å². The zero-order valence-corrected chi connectivity index (χ0v) is 14.4. The minimum absolute atomic E-state index is 0.149. The first-order valence-electron chi connectivity index (χ1n) is 8.82. The van der Waals surface area contributed by atoms with Gasteiger partial charge in [0.05, 0.1) is 12.7 Å². The molecule has 1 heterocycles. The van der Waals surface area contributed by atoms with Gasteiger partial charge in [-0.15, -0.1) is 0 Å². The standard InChI is InChI=1S/C19H27N3O2/c1-15-20-12-17(21-15)14-22(10-11-23)13-16-6-8-19(9-7-16)24-18-4-2-3-5-18/h6-9,12,18,23H,2-5,10-11,13-14H2,1H3,(H,20,21). The fraction of sp³-hybridized carbons (Fsp3) is 0.526. The van der Waals surface area contributed by atoms with Crippen molar-refractivity contribution in [3.63, 3.8) is 0 Å². The van der Waals surface area contributed by atoms with E-state index in [-0.39, 0.29) is 6.61 Å². The van der Waals surface area contributed by atoms with Crippen LogP contribution in [-0.4, -0.2) is 39.2 Å². The van der Waals surface area contributed by atoms with Crippen molar-refractivity contribution < 1.29 is 9.84 Å². The molecule has 1 aliphatic rings. The Morgan fingerprint density at radius 3 is 2.58 bits per heavy atom. The number of aliphatic hydroxyl groups excluding tert-OH is 1. The predicted octanol–water partition coefficient (Wildman–Crippen LogP) is 3.03. The highest BCUT2D eigenvalue weighted by Crippen LogP contribution is 2.24. The lowest BCUT2D eigenvalue weighted by Crippen LogP contribution is -2.26.